The lowest BCUT2D eigenvalue weighted by Gasteiger charge is -2.05. The molecule has 2 aromatic heterocycles. The summed E-state index contributed by atoms with van der Waals surface area (Å²) in [4.78, 5) is 36.6. The quantitative estimate of drug-likeness (QED) is 0.142. The highest BCUT2D eigenvalue weighted by atomic mass is 35.5. The maximum atomic E-state index is 13.1. The first-order chi connectivity index (χ1) is 16.4. The fourth-order valence-corrected chi connectivity index (χ4v) is 4.60. The first-order valence-corrected chi connectivity index (χ1v) is 11.3. The molecule has 34 heavy (non-hydrogen) atoms. The number of non-ortho nitro benzene ring substituents is 1. The van der Waals surface area contributed by atoms with Crippen molar-refractivity contribution in [2.24, 2.45) is 0 Å². The molecule has 10 heteroatoms. The summed E-state index contributed by atoms with van der Waals surface area (Å²) in [6, 6.07) is 19.0. The highest BCUT2D eigenvalue weighted by Crippen LogP contribution is 2.30. The molecule has 0 unspecified atom stereocenters. The number of para-hydroxylation sites is 1. The molecule has 8 nitrogen and oxygen atoms in total. The van der Waals surface area contributed by atoms with E-state index in [2.05, 4.69) is 9.69 Å². The lowest BCUT2D eigenvalue weighted by molar-refractivity contribution is -0.384. The Kier molecular flexibility index (Phi) is 5.56. The Morgan fingerprint density at radius 2 is 1.82 bits per heavy atom. The van der Waals surface area contributed by atoms with E-state index >= 15 is 0 Å². The number of hydrogen-bond donors (Lipinski definition) is 1. The number of fused-ring (bicyclic) bond motifs is 2. The molecule has 0 aliphatic heterocycles. The number of Topliss-reactive ketones (excluding diaryl/α,β-unsaturated/α-hetero) is 1. The lowest BCUT2D eigenvalue weighted by atomic mass is 10.1. The Bertz CT molecular complexity index is 1590. The third-order valence-corrected chi connectivity index (χ3v) is 6.48. The molecule has 2 heterocycles. The first-order valence-electron chi connectivity index (χ1n) is 10.1. The predicted molar refractivity (Wildman–Crippen MR) is 132 cm³/mol. The van der Waals surface area contributed by atoms with Crippen molar-refractivity contribution in [1.29, 1.82) is 0 Å². The summed E-state index contributed by atoms with van der Waals surface area (Å²) in [5, 5.41) is 15.3. The molecular formula is C24H15ClN4O4S. The molecule has 0 aliphatic rings. The smallest absolute Gasteiger partial charge is 0.298 e. The van der Waals surface area contributed by atoms with E-state index in [0.717, 1.165) is 22.6 Å². The summed E-state index contributed by atoms with van der Waals surface area (Å²) < 4.78 is 6.72. The van der Waals surface area contributed by atoms with Gasteiger partial charge in [-0.25, -0.2) is 0 Å². The molecule has 0 aliphatic carbocycles. The average molecular weight is 491 g/mol. The van der Waals surface area contributed by atoms with Crippen LogP contribution in [0.2, 0.25) is 5.02 Å². The van der Waals surface area contributed by atoms with Gasteiger partial charge in [-0.1, -0.05) is 41.9 Å². The van der Waals surface area contributed by atoms with Crippen LogP contribution in [0.25, 0.3) is 21.0 Å². The number of rotatable bonds is 6. The van der Waals surface area contributed by atoms with Crippen molar-refractivity contribution in [3.8, 4) is 0 Å². The zero-order chi connectivity index (χ0) is 23.8. The maximum absolute atomic E-state index is 13.1. The van der Waals surface area contributed by atoms with Gasteiger partial charge in [0, 0.05) is 46.2 Å². The van der Waals surface area contributed by atoms with Crippen LogP contribution in [-0.4, -0.2) is 25.6 Å². The van der Waals surface area contributed by atoms with E-state index in [4.69, 9.17) is 11.6 Å². The van der Waals surface area contributed by atoms with Gasteiger partial charge in [0.15, 0.2) is 5.82 Å². The Labute approximate surface area is 201 Å². The van der Waals surface area contributed by atoms with Gasteiger partial charge in [0.05, 0.1) is 15.2 Å². The number of nitro groups is 1. The van der Waals surface area contributed by atoms with E-state index in [9.17, 15) is 19.7 Å². The molecule has 168 valence electrons. The number of aromatic nitrogens is 2. The Morgan fingerprint density at radius 3 is 2.59 bits per heavy atom. The zero-order valence-electron chi connectivity index (χ0n) is 17.4. The predicted octanol–water partition coefficient (Wildman–Crippen LogP) is 5.68. The monoisotopic (exact) mass is 490 g/mol. The number of nitro benzene ring substituents is 1. The first kappa shape index (κ1) is 21.7. The van der Waals surface area contributed by atoms with Crippen LogP contribution in [0.5, 0.6) is 0 Å². The summed E-state index contributed by atoms with van der Waals surface area (Å²) >= 11 is 7.06. The number of anilines is 1. The highest BCUT2D eigenvalue weighted by Gasteiger charge is 2.23. The van der Waals surface area contributed by atoms with Crippen molar-refractivity contribution < 1.29 is 14.5 Å². The number of nitrogens with one attached hydrogen (secondary N) is 1. The second-order valence-electron chi connectivity index (χ2n) is 7.57. The van der Waals surface area contributed by atoms with Crippen molar-refractivity contribution in [2.75, 3.05) is 5.32 Å². The molecule has 5 rings (SSSR count). The number of ketones is 1. The van der Waals surface area contributed by atoms with Gasteiger partial charge in [0.25, 0.3) is 17.4 Å². The molecule has 0 spiro atoms. The number of hydrogen-bond acceptors (Lipinski definition) is 6. The number of amides is 1. The van der Waals surface area contributed by atoms with Crippen molar-refractivity contribution >= 4 is 67.3 Å². The topological polar surface area (TPSA) is 107 Å². The summed E-state index contributed by atoms with van der Waals surface area (Å²) in [6.45, 7) is 0.493. The van der Waals surface area contributed by atoms with Gasteiger partial charge in [-0.15, -0.1) is 0 Å². The molecule has 0 bridgehead atoms. The van der Waals surface area contributed by atoms with Gasteiger partial charge >= 0.3 is 0 Å². The second kappa shape index (κ2) is 8.69. The van der Waals surface area contributed by atoms with E-state index in [1.165, 1.54) is 12.1 Å². The fourth-order valence-electron chi connectivity index (χ4n) is 3.76. The highest BCUT2D eigenvalue weighted by molar-refractivity contribution is 7.13. The van der Waals surface area contributed by atoms with Crippen LogP contribution in [0.3, 0.4) is 0 Å². The number of nitrogens with zero attached hydrogens (tertiary/aromatic N) is 3. The standard InChI is InChI=1S/C24H15ClN4O4S/c25-15-7-5-14(6-8-15)12-28-13-19(17-3-1-2-4-20(17)28)22(30)24(31)26-23-18-11-16(29(32)33)9-10-21(18)34-27-23/h1-11,13H,12H2,(H,26,27,31). The lowest BCUT2D eigenvalue weighted by Crippen LogP contribution is -2.23. The van der Waals surface area contributed by atoms with Crippen molar-refractivity contribution in [3.05, 3.63) is 99.2 Å². The summed E-state index contributed by atoms with van der Waals surface area (Å²) in [6.07, 6.45) is 1.66. The van der Waals surface area contributed by atoms with Crippen LogP contribution in [0.1, 0.15) is 15.9 Å². The average Bonchev–Trinajstić information content (AvgIpc) is 3.41. The Hall–Kier alpha value is -4.08. The van der Waals surface area contributed by atoms with Crippen LogP contribution in [-0.2, 0) is 11.3 Å². The minimum absolute atomic E-state index is 0.118. The molecule has 0 fully saturated rings. The molecule has 3 aromatic carbocycles. The van der Waals surface area contributed by atoms with Crippen LogP contribution >= 0.6 is 23.1 Å². The van der Waals surface area contributed by atoms with Gasteiger partial charge in [-0.05, 0) is 41.4 Å². The van der Waals surface area contributed by atoms with Crippen LogP contribution < -0.4 is 5.32 Å². The van der Waals surface area contributed by atoms with Crippen molar-refractivity contribution in [1.82, 2.24) is 8.94 Å². The molecule has 0 radical (unpaired) electrons. The molecule has 1 amide bonds. The number of carbonyl (C=O) groups is 2. The Morgan fingerprint density at radius 1 is 1.06 bits per heavy atom. The van der Waals surface area contributed by atoms with E-state index in [0.29, 0.717) is 27.0 Å². The van der Waals surface area contributed by atoms with Gasteiger partial charge in [0.2, 0.25) is 0 Å². The van der Waals surface area contributed by atoms with E-state index in [1.807, 2.05) is 28.8 Å². The van der Waals surface area contributed by atoms with Gasteiger partial charge in [-0.3, -0.25) is 19.7 Å². The van der Waals surface area contributed by atoms with E-state index in [-0.39, 0.29) is 17.1 Å². The molecular weight excluding hydrogens is 476 g/mol. The van der Waals surface area contributed by atoms with Gasteiger partial charge in [-0.2, -0.15) is 4.37 Å². The van der Waals surface area contributed by atoms with E-state index in [1.54, 1.807) is 36.5 Å². The molecule has 0 saturated heterocycles. The fraction of sp³-hybridized carbons (Fsp3) is 0.0417. The minimum Gasteiger partial charge on any atom is -0.342 e. The molecule has 0 atom stereocenters. The summed E-state index contributed by atoms with van der Waals surface area (Å²) in [5.74, 6) is -1.47. The van der Waals surface area contributed by atoms with Gasteiger partial charge < -0.3 is 9.88 Å². The summed E-state index contributed by atoms with van der Waals surface area (Å²) in [5.41, 5.74) is 1.93. The van der Waals surface area contributed by atoms with Crippen LogP contribution in [0.4, 0.5) is 11.5 Å². The summed E-state index contributed by atoms with van der Waals surface area (Å²) in [7, 11) is 0. The Balaban J connectivity index is 1.46. The largest absolute Gasteiger partial charge is 0.342 e. The normalized spacial score (nSPS) is 11.1. The molecule has 1 N–H and O–H groups in total. The van der Waals surface area contributed by atoms with Crippen LogP contribution in [0, 0.1) is 10.1 Å². The molecule has 0 saturated carbocycles. The second-order valence-corrected chi connectivity index (χ2v) is 8.81. The SMILES string of the molecule is O=C(Nc1nsc2ccc([N+](=O)[O-])cc12)C(=O)c1cn(Cc2ccc(Cl)cc2)c2ccccc12. The zero-order valence-corrected chi connectivity index (χ0v) is 19.0. The van der Waals surface area contributed by atoms with Crippen molar-refractivity contribution in [3.63, 3.8) is 0 Å². The van der Waals surface area contributed by atoms with Gasteiger partial charge in [0.1, 0.15) is 0 Å². The third-order valence-electron chi connectivity index (χ3n) is 5.40. The maximum Gasteiger partial charge on any atom is 0.298 e. The number of halogens is 1. The minimum atomic E-state index is -0.867. The molecule has 5 aromatic rings. The van der Waals surface area contributed by atoms with E-state index < -0.39 is 16.6 Å². The van der Waals surface area contributed by atoms with Crippen molar-refractivity contribution in [2.45, 2.75) is 6.54 Å². The number of benzene rings is 3. The third kappa shape index (κ3) is 4.02. The number of carbonyl (C=O) groups excluding carboxylic acids is 2. The van der Waals surface area contributed by atoms with Crippen LogP contribution in [0.15, 0.2) is 72.9 Å².